The van der Waals surface area contributed by atoms with Crippen LogP contribution in [0.25, 0.3) is 5.76 Å². The lowest BCUT2D eigenvalue weighted by Crippen LogP contribution is -2.29. The van der Waals surface area contributed by atoms with Crippen molar-refractivity contribution in [2.24, 2.45) is 5.14 Å². The Morgan fingerprint density at radius 3 is 2.18 bits per heavy atom. The lowest BCUT2D eigenvalue weighted by Gasteiger charge is -2.23. The van der Waals surface area contributed by atoms with Crippen LogP contribution in [0.15, 0.2) is 75.5 Å². The summed E-state index contributed by atoms with van der Waals surface area (Å²) >= 11 is 0. The topological polar surface area (TPSA) is 131 Å². The van der Waals surface area contributed by atoms with Gasteiger partial charge in [-0.25, -0.2) is 13.6 Å². The van der Waals surface area contributed by atoms with Crippen LogP contribution in [-0.2, 0) is 26.0 Å². The van der Waals surface area contributed by atoms with Gasteiger partial charge in [-0.2, -0.15) is 0 Å². The van der Waals surface area contributed by atoms with Crippen LogP contribution < -0.4 is 10.0 Å². The average molecular weight is 467 g/mol. The average Bonchev–Trinajstić information content (AvgIpc) is 3.33. The number of carbonyl (C=O) groups excluding carboxylic acids is 2. The van der Waals surface area contributed by atoms with Crippen molar-refractivity contribution in [2.75, 3.05) is 4.90 Å². The number of Topliss-reactive ketones (excluding diaryl/α,β-unsaturated/α-hetero) is 1. The van der Waals surface area contributed by atoms with E-state index >= 15 is 0 Å². The molecule has 1 aromatic heterocycles. The van der Waals surface area contributed by atoms with E-state index in [0.29, 0.717) is 11.3 Å². The van der Waals surface area contributed by atoms with Gasteiger partial charge in [0.1, 0.15) is 23.3 Å². The van der Waals surface area contributed by atoms with E-state index in [-0.39, 0.29) is 27.7 Å². The number of aryl methyl sites for hydroxylation is 2. The Hall–Kier alpha value is -3.69. The molecule has 9 heteroatoms. The van der Waals surface area contributed by atoms with Crippen LogP contribution in [0.4, 0.5) is 5.69 Å². The minimum absolute atomic E-state index is 0.117. The Bertz CT molecular complexity index is 1370. The highest BCUT2D eigenvalue weighted by molar-refractivity contribution is 7.89. The smallest absolute Gasteiger partial charge is 0.300 e. The summed E-state index contributed by atoms with van der Waals surface area (Å²) in [6.45, 7) is 3.72. The predicted octanol–water partition coefficient (Wildman–Crippen LogP) is 3.42. The Labute approximate surface area is 191 Å². The Morgan fingerprint density at radius 2 is 1.67 bits per heavy atom. The number of furan rings is 1. The zero-order valence-electron chi connectivity index (χ0n) is 18.0. The summed E-state index contributed by atoms with van der Waals surface area (Å²) in [5.74, 6) is -1.22. The van der Waals surface area contributed by atoms with Crippen molar-refractivity contribution < 1.29 is 27.5 Å². The van der Waals surface area contributed by atoms with Crippen molar-refractivity contribution in [3.63, 3.8) is 0 Å². The predicted molar refractivity (Wildman–Crippen MR) is 122 cm³/mol. The first-order valence-corrected chi connectivity index (χ1v) is 11.8. The SMILES string of the molecule is CCc1ccc(/C(O)=C2/C(=O)C(=O)N(c3ccc(S(N)(=O)=O)cc3)C2c2ccc(C)o2)cc1. The number of nitrogens with two attached hydrogens (primary N) is 1. The highest BCUT2D eigenvalue weighted by Gasteiger charge is 2.48. The van der Waals surface area contributed by atoms with Gasteiger partial charge in [-0.15, -0.1) is 0 Å². The number of hydrogen-bond acceptors (Lipinski definition) is 6. The lowest BCUT2D eigenvalue weighted by atomic mass is 9.98. The molecule has 1 aliphatic heterocycles. The van der Waals surface area contributed by atoms with Gasteiger partial charge in [0.25, 0.3) is 11.7 Å². The van der Waals surface area contributed by atoms with Crippen molar-refractivity contribution in [3.8, 4) is 0 Å². The molecule has 0 aliphatic carbocycles. The van der Waals surface area contributed by atoms with E-state index in [0.717, 1.165) is 12.0 Å². The summed E-state index contributed by atoms with van der Waals surface area (Å²) < 4.78 is 28.9. The zero-order chi connectivity index (χ0) is 23.9. The first-order chi connectivity index (χ1) is 15.6. The van der Waals surface area contributed by atoms with Crippen LogP contribution in [0.1, 0.15) is 35.6 Å². The molecule has 0 saturated carbocycles. The maximum atomic E-state index is 13.1. The molecule has 0 radical (unpaired) electrons. The van der Waals surface area contributed by atoms with Crippen LogP contribution >= 0.6 is 0 Å². The van der Waals surface area contributed by atoms with E-state index in [1.807, 2.05) is 19.1 Å². The van der Waals surface area contributed by atoms with E-state index in [1.165, 1.54) is 29.2 Å². The minimum atomic E-state index is -3.93. The fourth-order valence-electron chi connectivity index (χ4n) is 3.82. The molecule has 3 aromatic rings. The molecule has 1 saturated heterocycles. The van der Waals surface area contributed by atoms with E-state index in [4.69, 9.17) is 9.56 Å². The number of hydrogen-bond donors (Lipinski definition) is 2. The molecule has 4 rings (SSSR count). The number of nitrogens with zero attached hydrogens (tertiary/aromatic N) is 1. The largest absolute Gasteiger partial charge is 0.507 e. The summed E-state index contributed by atoms with van der Waals surface area (Å²) in [5, 5.41) is 16.2. The lowest BCUT2D eigenvalue weighted by molar-refractivity contribution is -0.132. The molecule has 8 nitrogen and oxygen atoms in total. The molecule has 1 aliphatic rings. The number of ketones is 1. The number of amides is 1. The number of aliphatic hydroxyl groups excluding tert-OH is 1. The van der Waals surface area contributed by atoms with E-state index < -0.39 is 27.8 Å². The molecule has 2 aromatic carbocycles. The molecule has 1 unspecified atom stereocenters. The molecule has 0 spiro atoms. The summed E-state index contributed by atoms with van der Waals surface area (Å²) in [6.07, 6.45) is 0.811. The summed E-state index contributed by atoms with van der Waals surface area (Å²) in [5.41, 5.74) is 1.58. The van der Waals surface area contributed by atoms with E-state index in [1.54, 1.807) is 31.2 Å². The van der Waals surface area contributed by atoms with Gasteiger partial charge >= 0.3 is 0 Å². The van der Waals surface area contributed by atoms with Gasteiger partial charge in [0, 0.05) is 11.3 Å². The van der Waals surface area contributed by atoms with Crippen LogP contribution in [0.5, 0.6) is 0 Å². The highest BCUT2D eigenvalue weighted by atomic mass is 32.2. The third-order valence-electron chi connectivity index (χ3n) is 5.55. The molecule has 2 heterocycles. The second-order valence-electron chi connectivity index (χ2n) is 7.71. The molecular formula is C24H22N2O6S. The number of anilines is 1. The second kappa shape index (κ2) is 8.34. The maximum absolute atomic E-state index is 13.1. The molecule has 1 atom stereocenters. The van der Waals surface area contributed by atoms with Crippen LogP contribution in [0.3, 0.4) is 0 Å². The van der Waals surface area contributed by atoms with Gasteiger partial charge in [-0.05, 0) is 55.3 Å². The van der Waals surface area contributed by atoms with Crippen molar-refractivity contribution in [3.05, 3.63) is 88.9 Å². The number of primary sulfonamides is 1. The fourth-order valence-corrected chi connectivity index (χ4v) is 4.33. The molecule has 170 valence electrons. The van der Waals surface area contributed by atoms with Crippen LogP contribution in [0.2, 0.25) is 0 Å². The van der Waals surface area contributed by atoms with E-state index in [9.17, 15) is 23.1 Å². The molecular weight excluding hydrogens is 444 g/mol. The summed E-state index contributed by atoms with van der Waals surface area (Å²) in [7, 11) is -3.93. The molecule has 0 bridgehead atoms. The van der Waals surface area contributed by atoms with Gasteiger partial charge in [0.2, 0.25) is 10.0 Å². The standard InChI is InChI=1S/C24H22N2O6S/c1-3-15-5-7-16(8-6-15)22(27)20-21(19-13-4-14(2)32-19)26(24(29)23(20)28)17-9-11-18(12-10-17)33(25,30)31/h4-13,21,27H,3H2,1-2H3,(H2,25,30,31)/b22-20-. The zero-order valence-corrected chi connectivity index (χ0v) is 18.8. The van der Waals surface area contributed by atoms with Crippen LogP contribution in [-0.4, -0.2) is 25.2 Å². The number of benzene rings is 2. The quantitative estimate of drug-likeness (QED) is 0.337. The van der Waals surface area contributed by atoms with E-state index in [2.05, 4.69) is 0 Å². The second-order valence-corrected chi connectivity index (χ2v) is 9.27. The Morgan fingerprint density at radius 1 is 1.03 bits per heavy atom. The van der Waals surface area contributed by atoms with Gasteiger partial charge in [-0.3, -0.25) is 14.5 Å². The molecule has 33 heavy (non-hydrogen) atoms. The summed E-state index contributed by atoms with van der Waals surface area (Å²) in [4.78, 5) is 27.2. The van der Waals surface area contributed by atoms with Gasteiger partial charge in [0.05, 0.1) is 10.5 Å². The van der Waals surface area contributed by atoms with Crippen molar-refractivity contribution in [1.82, 2.24) is 0 Å². The Kier molecular flexibility index (Phi) is 5.69. The fraction of sp³-hybridized carbons (Fsp3) is 0.167. The first kappa shape index (κ1) is 22.5. The number of aliphatic hydroxyl groups is 1. The molecule has 1 amide bonds. The number of sulfonamides is 1. The van der Waals surface area contributed by atoms with Gasteiger partial charge < -0.3 is 9.52 Å². The maximum Gasteiger partial charge on any atom is 0.300 e. The number of carbonyl (C=O) groups is 2. The minimum Gasteiger partial charge on any atom is -0.507 e. The first-order valence-electron chi connectivity index (χ1n) is 10.2. The highest BCUT2D eigenvalue weighted by Crippen LogP contribution is 2.42. The van der Waals surface area contributed by atoms with Gasteiger partial charge in [-0.1, -0.05) is 31.2 Å². The monoisotopic (exact) mass is 466 g/mol. The number of rotatable bonds is 5. The Balaban J connectivity index is 1.88. The third kappa shape index (κ3) is 4.08. The molecule has 1 fully saturated rings. The van der Waals surface area contributed by atoms with Crippen molar-refractivity contribution >= 4 is 33.2 Å². The van der Waals surface area contributed by atoms with Crippen molar-refractivity contribution in [2.45, 2.75) is 31.2 Å². The van der Waals surface area contributed by atoms with Crippen molar-refractivity contribution in [1.29, 1.82) is 0 Å². The third-order valence-corrected chi connectivity index (χ3v) is 6.48. The molecule has 3 N–H and O–H groups in total. The summed E-state index contributed by atoms with van der Waals surface area (Å²) in [6, 6.07) is 14.6. The normalized spacial score (nSPS) is 18.2. The van der Waals surface area contributed by atoms with Gasteiger partial charge in [0.15, 0.2) is 0 Å². The van der Waals surface area contributed by atoms with Crippen LogP contribution in [0, 0.1) is 6.92 Å².